The normalized spacial score (nSPS) is 10.3. The maximum Gasteiger partial charge on any atom is 0.225 e. The van der Waals surface area contributed by atoms with Crippen LogP contribution in [0, 0.1) is 5.82 Å². The van der Waals surface area contributed by atoms with Crippen LogP contribution in [0.25, 0.3) is 0 Å². The van der Waals surface area contributed by atoms with E-state index in [1.54, 1.807) is 30.5 Å². The van der Waals surface area contributed by atoms with Crippen molar-refractivity contribution in [2.45, 2.75) is 11.3 Å². The van der Waals surface area contributed by atoms with Crippen LogP contribution in [0.3, 0.4) is 0 Å². The quantitative estimate of drug-likeness (QED) is 0.829. The summed E-state index contributed by atoms with van der Waals surface area (Å²) in [7, 11) is 3.73. The first kappa shape index (κ1) is 16.3. The molecule has 1 N–H and O–H groups in total. The van der Waals surface area contributed by atoms with E-state index in [1.807, 2.05) is 25.1 Å². The molecule has 22 heavy (non-hydrogen) atoms. The Kier molecular flexibility index (Phi) is 5.77. The molecule has 1 amide bonds. The van der Waals surface area contributed by atoms with Gasteiger partial charge in [0.25, 0.3) is 0 Å². The van der Waals surface area contributed by atoms with Gasteiger partial charge in [0.05, 0.1) is 5.69 Å². The van der Waals surface area contributed by atoms with Crippen LogP contribution in [0.15, 0.2) is 47.5 Å². The number of aromatic nitrogens is 1. The molecular weight excluding hydrogens is 301 g/mol. The number of rotatable bonds is 6. The number of halogens is 1. The van der Waals surface area contributed by atoms with E-state index in [0.29, 0.717) is 28.6 Å². The minimum absolute atomic E-state index is 0.111. The molecule has 2 rings (SSSR count). The van der Waals surface area contributed by atoms with Crippen molar-refractivity contribution >= 4 is 29.2 Å². The Morgan fingerprint density at radius 2 is 2.05 bits per heavy atom. The summed E-state index contributed by atoms with van der Waals surface area (Å²) in [5.41, 5.74) is 0.674. The Bertz CT molecular complexity index is 649. The Morgan fingerprint density at radius 1 is 1.27 bits per heavy atom. The average molecular weight is 319 g/mol. The molecule has 0 fully saturated rings. The van der Waals surface area contributed by atoms with E-state index in [9.17, 15) is 9.18 Å². The Morgan fingerprint density at radius 3 is 2.77 bits per heavy atom. The molecule has 0 atom stereocenters. The third kappa shape index (κ3) is 4.46. The maximum absolute atomic E-state index is 13.5. The zero-order valence-corrected chi connectivity index (χ0v) is 13.4. The highest BCUT2D eigenvalue weighted by Crippen LogP contribution is 2.23. The second kappa shape index (κ2) is 7.79. The third-order valence-electron chi connectivity index (χ3n) is 2.91. The van der Waals surface area contributed by atoms with Crippen molar-refractivity contribution in [3.63, 3.8) is 0 Å². The van der Waals surface area contributed by atoms with Crippen LogP contribution >= 0.6 is 11.8 Å². The first-order valence-electron chi connectivity index (χ1n) is 6.87. The molecule has 0 spiro atoms. The van der Waals surface area contributed by atoms with Gasteiger partial charge in [-0.25, -0.2) is 9.37 Å². The first-order valence-corrected chi connectivity index (χ1v) is 7.86. The number of carbonyl (C=O) groups excluding carboxylic acids is 1. The Labute approximate surface area is 133 Å². The molecular formula is C16H18FN3OS. The van der Waals surface area contributed by atoms with Crippen LogP contribution in [0.1, 0.15) is 6.42 Å². The van der Waals surface area contributed by atoms with E-state index in [-0.39, 0.29) is 11.7 Å². The molecule has 1 heterocycles. The number of anilines is 2. The van der Waals surface area contributed by atoms with E-state index in [2.05, 4.69) is 10.3 Å². The van der Waals surface area contributed by atoms with Crippen molar-refractivity contribution in [3.05, 3.63) is 48.4 Å². The van der Waals surface area contributed by atoms with Gasteiger partial charge in [-0.2, -0.15) is 0 Å². The summed E-state index contributed by atoms with van der Waals surface area (Å²) in [6.07, 6.45) is 1.99. The molecule has 116 valence electrons. The Hall–Kier alpha value is -2.08. The van der Waals surface area contributed by atoms with E-state index in [4.69, 9.17) is 0 Å². The standard InChI is InChI=1S/C16H18FN3OS/c1-20(2)16-13(7-5-10-18-16)19-15(21)9-11-22-14-8-4-3-6-12(14)17/h3-8,10H,9,11H2,1-2H3,(H,19,21). The van der Waals surface area contributed by atoms with Gasteiger partial charge in [0.15, 0.2) is 5.82 Å². The topological polar surface area (TPSA) is 45.2 Å². The van der Waals surface area contributed by atoms with E-state index in [0.717, 1.165) is 0 Å². The van der Waals surface area contributed by atoms with Gasteiger partial charge in [0, 0.05) is 37.4 Å². The number of carbonyl (C=O) groups is 1. The number of nitrogens with one attached hydrogen (secondary N) is 1. The van der Waals surface area contributed by atoms with Gasteiger partial charge in [-0.3, -0.25) is 4.79 Å². The zero-order valence-electron chi connectivity index (χ0n) is 12.5. The lowest BCUT2D eigenvalue weighted by atomic mass is 10.3. The van der Waals surface area contributed by atoms with Gasteiger partial charge in [-0.1, -0.05) is 12.1 Å². The molecule has 0 aliphatic carbocycles. The van der Waals surface area contributed by atoms with E-state index in [1.165, 1.54) is 17.8 Å². The van der Waals surface area contributed by atoms with Crippen molar-refractivity contribution < 1.29 is 9.18 Å². The molecule has 4 nitrogen and oxygen atoms in total. The minimum atomic E-state index is -0.255. The maximum atomic E-state index is 13.5. The minimum Gasteiger partial charge on any atom is -0.361 e. The monoisotopic (exact) mass is 319 g/mol. The number of pyridine rings is 1. The van der Waals surface area contributed by atoms with Crippen molar-refractivity contribution in [2.24, 2.45) is 0 Å². The number of hydrogen-bond acceptors (Lipinski definition) is 4. The third-order valence-corrected chi connectivity index (χ3v) is 3.96. The van der Waals surface area contributed by atoms with Crippen molar-refractivity contribution in [1.29, 1.82) is 0 Å². The highest BCUT2D eigenvalue weighted by molar-refractivity contribution is 7.99. The Balaban J connectivity index is 1.88. The lowest BCUT2D eigenvalue weighted by Gasteiger charge is -2.16. The van der Waals surface area contributed by atoms with Gasteiger partial charge >= 0.3 is 0 Å². The predicted octanol–water partition coefficient (Wildman–Crippen LogP) is 3.41. The van der Waals surface area contributed by atoms with Gasteiger partial charge in [-0.15, -0.1) is 11.8 Å². The van der Waals surface area contributed by atoms with Crippen molar-refractivity contribution in [3.8, 4) is 0 Å². The highest BCUT2D eigenvalue weighted by Gasteiger charge is 2.09. The fourth-order valence-corrected chi connectivity index (χ4v) is 2.77. The molecule has 0 aliphatic rings. The second-order valence-corrected chi connectivity index (χ2v) is 5.98. The molecule has 0 bridgehead atoms. The summed E-state index contributed by atoms with van der Waals surface area (Å²) < 4.78 is 13.5. The number of thioether (sulfide) groups is 1. The number of hydrogen-bond donors (Lipinski definition) is 1. The predicted molar refractivity (Wildman–Crippen MR) is 88.9 cm³/mol. The van der Waals surface area contributed by atoms with Crippen LogP contribution < -0.4 is 10.2 Å². The van der Waals surface area contributed by atoms with Gasteiger partial charge in [0.2, 0.25) is 5.91 Å². The summed E-state index contributed by atoms with van der Waals surface area (Å²) in [6.45, 7) is 0. The molecule has 1 aromatic heterocycles. The summed E-state index contributed by atoms with van der Waals surface area (Å²) in [6, 6.07) is 10.1. The van der Waals surface area contributed by atoms with Crippen LogP contribution in [0.4, 0.5) is 15.9 Å². The SMILES string of the molecule is CN(C)c1ncccc1NC(=O)CCSc1ccccc1F. The van der Waals surface area contributed by atoms with Crippen molar-refractivity contribution in [1.82, 2.24) is 4.98 Å². The molecule has 0 saturated carbocycles. The molecule has 0 radical (unpaired) electrons. The summed E-state index contributed by atoms with van der Waals surface area (Å²) >= 11 is 1.33. The van der Waals surface area contributed by atoms with Gasteiger partial charge < -0.3 is 10.2 Å². The van der Waals surface area contributed by atoms with Crippen LogP contribution in [0.2, 0.25) is 0 Å². The molecule has 0 aliphatic heterocycles. The largest absolute Gasteiger partial charge is 0.361 e. The highest BCUT2D eigenvalue weighted by atomic mass is 32.2. The van der Waals surface area contributed by atoms with Crippen LogP contribution in [-0.2, 0) is 4.79 Å². The lowest BCUT2D eigenvalue weighted by molar-refractivity contribution is -0.115. The molecule has 6 heteroatoms. The van der Waals surface area contributed by atoms with E-state index < -0.39 is 0 Å². The summed E-state index contributed by atoms with van der Waals surface area (Å²) in [5, 5.41) is 2.84. The van der Waals surface area contributed by atoms with E-state index >= 15 is 0 Å². The number of amides is 1. The first-order chi connectivity index (χ1) is 10.6. The molecule has 0 unspecified atom stereocenters. The van der Waals surface area contributed by atoms with Gasteiger partial charge in [0.1, 0.15) is 5.82 Å². The summed E-state index contributed by atoms with van der Waals surface area (Å²) in [4.78, 5) is 18.6. The molecule has 2 aromatic rings. The fraction of sp³-hybridized carbons (Fsp3) is 0.250. The van der Waals surface area contributed by atoms with Crippen LogP contribution in [-0.4, -0.2) is 30.7 Å². The van der Waals surface area contributed by atoms with Crippen molar-refractivity contribution in [2.75, 3.05) is 30.1 Å². The zero-order chi connectivity index (χ0) is 15.9. The van der Waals surface area contributed by atoms with Gasteiger partial charge in [-0.05, 0) is 24.3 Å². The average Bonchev–Trinajstić information content (AvgIpc) is 2.49. The second-order valence-electron chi connectivity index (χ2n) is 4.85. The fourth-order valence-electron chi connectivity index (χ4n) is 1.88. The smallest absolute Gasteiger partial charge is 0.225 e. The van der Waals surface area contributed by atoms with Crippen LogP contribution in [0.5, 0.6) is 0 Å². The molecule has 1 aromatic carbocycles. The summed E-state index contributed by atoms with van der Waals surface area (Å²) in [5.74, 6) is 0.859. The lowest BCUT2D eigenvalue weighted by Crippen LogP contribution is -2.17. The molecule has 0 saturated heterocycles. The number of benzene rings is 1. The number of nitrogens with zero attached hydrogens (tertiary/aromatic N) is 2.